The molecule has 0 saturated carbocycles. The number of halogens is 5. The second-order valence-electron chi connectivity index (χ2n) is 3.41. The Morgan fingerprint density at radius 3 is 2.50 bits per heavy atom. The van der Waals surface area contributed by atoms with E-state index < -0.39 is 35.0 Å². The van der Waals surface area contributed by atoms with Crippen LogP contribution in [0.25, 0.3) is 0 Å². The zero-order valence-corrected chi connectivity index (χ0v) is 10.0. The molecule has 0 aliphatic carbocycles. The van der Waals surface area contributed by atoms with Crippen LogP contribution < -0.4 is 0 Å². The van der Waals surface area contributed by atoms with Gasteiger partial charge in [-0.3, -0.25) is 4.79 Å². The first-order valence-corrected chi connectivity index (χ1v) is 5.34. The Morgan fingerprint density at radius 2 is 2.00 bits per heavy atom. The lowest BCUT2D eigenvalue weighted by Gasteiger charge is -2.11. The lowest BCUT2D eigenvalue weighted by molar-refractivity contribution is -0.142. The van der Waals surface area contributed by atoms with E-state index in [2.05, 4.69) is 4.74 Å². The van der Waals surface area contributed by atoms with Crippen LogP contribution in [0.3, 0.4) is 0 Å². The summed E-state index contributed by atoms with van der Waals surface area (Å²) in [6.07, 6.45) is -5.21. The van der Waals surface area contributed by atoms with Gasteiger partial charge in [0.2, 0.25) is 0 Å². The molecule has 0 aromatic heterocycles. The number of hydrogen-bond acceptors (Lipinski definition) is 2. The highest BCUT2D eigenvalue weighted by molar-refractivity contribution is 6.31. The van der Waals surface area contributed by atoms with Gasteiger partial charge in [0, 0.05) is 0 Å². The lowest BCUT2D eigenvalue weighted by atomic mass is 10.1. The molecule has 2 nitrogen and oxygen atoms in total. The van der Waals surface area contributed by atoms with Crippen molar-refractivity contribution in [3.05, 3.63) is 34.1 Å². The number of carbonyl (C=O) groups is 1. The summed E-state index contributed by atoms with van der Waals surface area (Å²) in [6, 6.07) is 0.930. The number of carbonyl (C=O) groups excluding carboxylic acids is 1. The number of benzene rings is 1. The van der Waals surface area contributed by atoms with Gasteiger partial charge in [-0.1, -0.05) is 11.6 Å². The van der Waals surface area contributed by atoms with Gasteiger partial charge in [0.15, 0.2) is 0 Å². The van der Waals surface area contributed by atoms with E-state index in [0.717, 1.165) is 0 Å². The zero-order chi connectivity index (χ0) is 13.9. The molecule has 0 unspecified atom stereocenters. The SMILES string of the molecule is CCOC(=O)Cc1cc(C(F)(F)F)cc(F)c1Cl. The second kappa shape index (κ2) is 5.56. The van der Waals surface area contributed by atoms with Gasteiger partial charge in [-0.05, 0) is 24.6 Å². The molecular formula is C11H9ClF4O2. The molecule has 18 heavy (non-hydrogen) atoms. The van der Waals surface area contributed by atoms with E-state index in [0.29, 0.717) is 6.07 Å². The standard InChI is InChI=1S/C11H9ClF4O2/c1-2-18-9(17)4-6-3-7(11(14,15)16)5-8(13)10(6)12/h3,5H,2,4H2,1H3. The summed E-state index contributed by atoms with van der Waals surface area (Å²) in [7, 11) is 0. The van der Waals surface area contributed by atoms with Crippen LogP contribution in [0.4, 0.5) is 17.6 Å². The van der Waals surface area contributed by atoms with E-state index in [-0.39, 0.29) is 18.2 Å². The minimum Gasteiger partial charge on any atom is -0.466 e. The monoisotopic (exact) mass is 284 g/mol. The smallest absolute Gasteiger partial charge is 0.416 e. The zero-order valence-electron chi connectivity index (χ0n) is 9.28. The van der Waals surface area contributed by atoms with Crippen molar-refractivity contribution in [2.75, 3.05) is 6.61 Å². The third kappa shape index (κ3) is 3.60. The van der Waals surface area contributed by atoms with Gasteiger partial charge >= 0.3 is 12.1 Å². The first-order valence-electron chi connectivity index (χ1n) is 4.96. The molecule has 1 aromatic carbocycles. The maximum atomic E-state index is 13.2. The number of ether oxygens (including phenoxy) is 1. The van der Waals surface area contributed by atoms with Crippen molar-refractivity contribution in [1.29, 1.82) is 0 Å². The normalized spacial score (nSPS) is 11.4. The molecule has 0 spiro atoms. The first-order chi connectivity index (χ1) is 8.25. The molecule has 100 valence electrons. The molecule has 0 saturated heterocycles. The van der Waals surface area contributed by atoms with Crippen molar-refractivity contribution in [1.82, 2.24) is 0 Å². The molecular weight excluding hydrogens is 276 g/mol. The van der Waals surface area contributed by atoms with Crippen molar-refractivity contribution in [3.63, 3.8) is 0 Å². The summed E-state index contributed by atoms with van der Waals surface area (Å²) in [6.45, 7) is 1.63. The van der Waals surface area contributed by atoms with E-state index >= 15 is 0 Å². The summed E-state index contributed by atoms with van der Waals surface area (Å²) in [4.78, 5) is 11.2. The van der Waals surface area contributed by atoms with Gasteiger partial charge in [-0.25, -0.2) is 4.39 Å². The van der Waals surface area contributed by atoms with Gasteiger partial charge in [0.05, 0.1) is 23.6 Å². The maximum Gasteiger partial charge on any atom is 0.416 e. The van der Waals surface area contributed by atoms with Crippen molar-refractivity contribution < 1.29 is 27.1 Å². The molecule has 0 bridgehead atoms. The Bertz CT molecular complexity index is 457. The number of esters is 1. The summed E-state index contributed by atoms with van der Waals surface area (Å²) in [5, 5.41) is -0.504. The Hall–Kier alpha value is -1.30. The van der Waals surface area contributed by atoms with Crippen LogP contribution in [0.1, 0.15) is 18.1 Å². The van der Waals surface area contributed by atoms with Crippen LogP contribution in [-0.4, -0.2) is 12.6 Å². The summed E-state index contributed by atoms with van der Waals surface area (Å²) in [5.41, 5.74) is -1.44. The quantitative estimate of drug-likeness (QED) is 0.626. The van der Waals surface area contributed by atoms with Crippen molar-refractivity contribution in [3.8, 4) is 0 Å². The van der Waals surface area contributed by atoms with Crippen LogP contribution in [-0.2, 0) is 22.1 Å². The highest BCUT2D eigenvalue weighted by Gasteiger charge is 2.32. The molecule has 1 aromatic rings. The minimum atomic E-state index is -4.70. The molecule has 7 heteroatoms. The van der Waals surface area contributed by atoms with Crippen molar-refractivity contribution in [2.45, 2.75) is 19.5 Å². The fraction of sp³-hybridized carbons (Fsp3) is 0.364. The number of hydrogen-bond donors (Lipinski definition) is 0. The van der Waals surface area contributed by atoms with Gasteiger partial charge in [-0.2, -0.15) is 13.2 Å². The Morgan fingerprint density at radius 1 is 1.39 bits per heavy atom. The van der Waals surface area contributed by atoms with Crippen molar-refractivity contribution >= 4 is 17.6 Å². The topological polar surface area (TPSA) is 26.3 Å². The van der Waals surface area contributed by atoms with Gasteiger partial charge in [-0.15, -0.1) is 0 Å². The van der Waals surface area contributed by atoms with E-state index in [1.165, 1.54) is 0 Å². The average molecular weight is 285 g/mol. The van der Waals surface area contributed by atoms with E-state index in [1.807, 2.05) is 0 Å². The first kappa shape index (κ1) is 14.8. The lowest BCUT2D eigenvalue weighted by Crippen LogP contribution is -2.11. The molecule has 0 N–H and O–H groups in total. The molecule has 0 radical (unpaired) electrons. The second-order valence-corrected chi connectivity index (χ2v) is 3.79. The van der Waals surface area contributed by atoms with Gasteiger partial charge < -0.3 is 4.74 Å². The average Bonchev–Trinajstić information content (AvgIpc) is 2.23. The van der Waals surface area contributed by atoms with Crippen molar-refractivity contribution in [2.24, 2.45) is 0 Å². The molecule has 0 heterocycles. The minimum absolute atomic E-state index is 0.0812. The largest absolute Gasteiger partial charge is 0.466 e. The van der Waals surface area contributed by atoms with Crippen LogP contribution >= 0.6 is 11.6 Å². The fourth-order valence-electron chi connectivity index (χ4n) is 1.31. The predicted molar refractivity (Wildman–Crippen MR) is 56.7 cm³/mol. The number of alkyl halides is 3. The van der Waals surface area contributed by atoms with E-state index in [1.54, 1.807) is 6.92 Å². The predicted octanol–water partition coefficient (Wildman–Crippen LogP) is 3.60. The van der Waals surface area contributed by atoms with Crippen LogP contribution in [0.2, 0.25) is 5.02 Å². The highest BCUT2D eigenvalue weighted by Crippen LogP contribution is 2.33. The molecule has 0 atom stereocenters. The fourth-order valence-corrected chi connectivity index (χ4v) is 1.48. The van der Waals surface area contributed by atoms with Gasteiger partial charge in [0.25, 0.3) is 0 Å². The number of rotatable bonds is 3. The molecule has 0 fully saturated rings. The van der Waals surface area contributed by atoms with Crippen LogP contribution in [0.15, 0.2) is 12.1 Å². The van der Waals surface area contributed by atoms with E-state index in [4.69, 9.17) is 11.6 Å². The Kier molecular flexibility index (Phi) is 4.56. The van der Waals surface area contributed by atoms with Crippen LogP contribution in [0, 0.1) is 5.82 Å². The summed E-state index contributed by atoms with van der Waals surface area (Å²) in [5.74, 6) is -1.98. The highest BCUT2D eigenvalue weighted by atomic mass is 35.5. The van der Waals surface area contributed by atoms with Gasteiger partial charge in [0.1, 0.15) is 5.82 Å². The Balaban J connectivity index is 3.11. The molecule has 0 aliphatic heterocycles. The maximum absolute atomic E-state index is 13.2. The molecule has 1 rings (SSSR count). The van der Waals surface area contributed by atoms with Crippen LogP contribution in [0.5, 0.6) is 0 Å². The summed E-state index contributed by atoms with van der Waals surface area (Å²) < 4.78 is 55.1. The molecule has 0 amide bonds. The third-order valence-electron chi connectivity index (χ3n) is 2.07. The summed E-state index contributed by atoms with van der Waals surface area (Å²) >= 11 is 5.51. The third-order valence-corrected chi connectivity index (χ3v) is 2.49. The van der Waals surface area contributed by atoms with E-state index in [9.17, 15) is 22.4 Å². The molecule has 0 aliphatic rings. The Labute approximate surface area is 105 Å².